The van der Waals surface area contributed by atoms with Crippen LogP contribution in [-0.4, -0.2) is 19.5 Å². The Bertz CT molecular complexity index is 364. The lowest BCUT2D eigenvalue weighted by Gasteiger charge is -2.04. The topological polar surface area (TPSA) is 18.5 Å². The van der Waals surface area contributed by atoms with Gasteiger partial charge in [0.1, 0.15) is 0 Å². The van der Waals surface area contributed by atoms with Gasteiger partial charge in [-0.15, -0.1) is 0 Å². The molecule has 0 aliphatic carbocycles. The van der Waals surface area contributed by atoms with Crippen LogP contribution in [0.2, 0.25) is 10.0 Å². The zero-order chi connectivity index (χ0) is 11.4. The van der Waals surface area contributed by atoms with Gasteiger partial charge >= 0.3 is 0 Å². The second-order valence-corrected chi connectivity index (χ2v) is 4.38. The highest BCUT2D eigenvalue weighted by molar-refractivity contribution is 6.34. The minimum absolute atomic E-state index is 0.106. The van der Waals surface area contributed by atoms with Crippen LogP contribution in [0.15, 0.2) is 24.3 Å². The number of benzene rings is 1. The molecule has 16 heavy (non-hydrogen) atoms. The third-order valence-corrected chi connectivity index (χ3v) is 2.65. The van der Waals surface area contributed by atoms with Crippen molar-refractivity contribution in [2.45, 2.75) is 12.7 Å². The first-order chi connectivity index (χ1) is 7.74. The molecule has 0 atom stereocenters. The summed E-state index contributed by atoms with van der Waals surface area (Å²) < 4.78 is 10.6. The maximum Gasteiger partial charge on any atom is 0.161 e. The molecule has 2 rings (SSSR count). The molecule has 1 heterocycles. The van der Waals surface area contributed by atoms with Crippen molar-refractivity contribution < 1.29 is 9.47 Å². The van der Waals surface area contributed by atoms with Crippen molar-refractivity contribution in [3.8, 4) is 0 Å². The molecule has 1 saturated heterocycles. The van der Waals surface area contributed by atoms with Crippen molar-refractivity contribution in [2.75, 3.05) is 13.2 Å². The summed E-state index contributed by atoms with van der Waals surface area (Å²) in [5, 5.41) is 1.28. The monoisotopic (exact) mass is 258 g/mol. The molecule has 0 unspecified atom stereocenters. The molecule has 0 radical (unpaired) electrons. The molecular weight excluding hydrogens is 247 g/mol. The molecule has 1 aliphatic heterocycles. The van der Waals surface area contributed by atoms with Gasteiger partial charge in [0.05, 0.1) is 13.2 Å². The van der Waals surface area contributed by atoms with Crippen LogP contribution in [0, 0.1) is 0 Å². The number of hydrogen-bond donors (Lipinski definition) is 0. The summed E-state index contributed by atoms with van der Waals surface area (Å²) in [5.74, 6) is 0. The summed E-state index contributed by atoms with van der Waals surface area (Å²) in [6, 6.07) is 5.43. The van der Waals surface area contributed by atoms with Crippen LogP contribution in [0.25, 0.3) is 6.08 Å². The molecular formula is C12H12Cl2O2. The van der Waals surface area contributed by atoms with Gasteiger partial charge in [-0.3, -0.25) is 0 Å². The second kappa shape index (κ2) is 5.69. The molecule has 0 spiro atoms. The van der Waals surface area contributed by atoms with Gasteiger partial charge in [-0.1, -0.05) is 35.4 Å². The van der Waals surface area contributed by atoms with Crippen LogP contribution in [0.4, 0.5) is 0 Å². The van der Waals surface area contributed by atoms with Gasteiger partial charge in [-0.2, -0.15) is 0 Å². The molecule has 4 heteroatoms. The molecule has 86 valence electrons. The fourth-order valence-corrected chi connectivity index (χ4v) is 2.07. The van der Waals surface area contributed by atoms with E-state index >= 15 is 0 Å². The van der Waals surface area contributed by atoms with Gasteiger partial charge < -0.3 is 9.47 Å². The Balaban J connectivity index is 1.94. The van der Waals surface area contributed by atoms with Crippen LogP contribution >= 0.6 is 23.2 Å². The molecule has 0 saturated carbocycles. The van der Waals surface area contributed by atoms with E-state index in [1.54, 1.807) is 6.07 Å². The van der Waals surface area contributed by atoms with E-state index in [-0.39, 0.29) is 6.29 Å². The number of hydrogen-bond acceptors (Lipinski definition) is 2. The predicted octanol–water partition coefficient (Wildman–Crippen LogP) is 3.77. The summed E-state index contributed by atoms with van der Waals surface area (Å²) in [6.45, 7) is 1.36. The smallest absolute Gasteiger partial charge is 0.161 e. The fourth-order valence-electron chi connectivity index (χ4n) is 1.53. The minimum Gasteiger partial charge on any atom is -0.350 e. The van der Waals surface area contributed by atoms with Gasteiger partial charge in [0.2, 0.25) is 0 Å². The van der Waals surface area contributed by atoms with Gasteiger partial charge in [0.25, 0.3) is 0 Å². The molecule has 1 fully saturated rings. The van der Waals surface area contributed by atoms with E-state index in [9.17, 15) is 0 Å². The summed E-state index contributed by atoms with van der Waals surface area (Å²) >= 11 is 11.8. The first-order valence-corrected chi connectivity index (χ1v) is 5.85. The molecule has 2 nitrogen and oxygen atoms in total. The summed E-state index contributed by atoms with van der Waals surface area (Å²) in [4.78, 5) is 0. The first-order valence-electron chi connectivity index (χ1n) is 5.10. The van der Waals surface area contributed by atoms with E-state index < -0.39 is 0 Å². The van der Waals surface area contributed by atoms with E-state index in [1.165, 1.54) is 0 Å². The Morgan fingerprint density at radius 1 is 1.12 bits per heavy atom. The highest BCUT2D eigenvalue weighted by Gasteiger charge is 2.13. The van der Waals surface area contributed by atoms with Crippen molar-refractivity contribution in [2.24, 2.45) is 0 Å². The third-order valence-electron chi connectivity index (χ3n) is 2.21. The highest BCUT2D eigenvalue weighted by Crippen LogP contribution is 2.20. The number of rotatable bonds is 3. The Hall–Kier alpha value is -0.540. The first kappa shape index (κ1) is 11.9. The van der Waals surface area contributed by atoms with Gasteiger partial charge in [-0.25, -0.2) is 0 Å². The van der Waals surface area contributed by atoms with Crippen LogP contribution in [0.3, 0.4) is 0 Å². The second-order valence-electron chi connectivity index (χ2n) is 3.51. The molecule has 1 aliphatic rings. The van der Waals surface area contributed by atoms with Crippen LogP contribution in [0.5, 0.6) is 0 Å². The third kappa shape index (κ3) is 3.49. The van der Waals surface area contributed by atoms with Crippen molar-refractivity contribution >= 4 is 29.3 Å². The van der Waals surface area contributed by atoms with Crippen molar-refractivity contribution in [3.63, 3.8) is 0 Å². The molecule has 0 bridgehead atoms. The highest BCUT2D eigenvalue weighted by atomic mass is 35.5. The summed E-state index contributed by atoms with van der Waals surface area (Å²) in [7, 11) is 0. The molecule has 0 amide bonds. The van der Waals surface area contributed by atoms with Gasteiger partial charge in [-0.05, 0) is 23.8 Å². The lowest BCUT2D eigenvalue weighted by molar-refractivity contribution is -0.0379. The maximum absolute atomic E-state index is 5.89. The van der Waals surface area contributed by atoms with E-state index in [2.05, 4.69) is 0 Å². The SMILES string of the molecule is Clc1cc(Cl)cc(C=CCC2OCCO2)c1. The van der Waals surface area contributed by atoms with E-state index in [0.717, 1.165) is 12.0 Å². The standard InChI is InChI=1S/C12H12Cl2O2/c13-10-6-9(7-11(14)8-10)2-1-3-12-15-4-5-16-12/h1-2,6-8,12H,3-5H2. The van der Waals surface area contributed by atoms with Crippen LogP contribution in [0.1, 0.15) is 12.0 Å². The van der Waals surface area contributed by atoms with E-state index in [4.69, 9.17) is 32.7 Å². The lowest BCUT2D eigenvalue weighted by Crippen LogP contribution is -2.04. The van der Waals surface area contributed by atoms with Crippen molar-refractivity contribution in [1.29, 1.82) is 0 Å². The molecule has 1 aromatic rings. The van der Waals surface area contributed by atoms with Gasteiger partial charge in [0, 0.05) is 16.5 Å². The normalized spacial score (nSPS) is 17.4. The average Bonchev–Trinajstić information content (AvgIpc) is 2.69. The van der Waals surface area contributed by atoms with Crippen molar-refractivity contribution in [3.05, 3.63) is 39.9 Å². The van der Waals surface area contributed by atoms with Crippen LogP contribution < -0.4 is 0 Å². The predicted molar refractivity (Wildman–Crippen MR) is 65.8 cm³/mol. The van der Waals surface area contributed by atoms with Crippen LogP contribution in [-0.2, 0) is 9.47 Å². The lowest BCUT2D eigenvalue weighted by atomic mass is 10.2. The average molecular weight is 259 g/mol. The Labute approximate surface area is 105 Å². The Morgan fingerprint density at radius 2 is 1.75 bits per heavy atom. The number of halogens is 2. The van der Waals surface area contributed by atoms with Crippen molar-refractivity contribution in [1.82, 2.24) is 0 Å². The molecule has 0 N–H and O–H groups in total. The Kier molecular flexibility index (Phi) is 4.24. The zero-order valence-electron chi connectivity index (χ0n) is 8.66. The minimum atomic E-state index is -0.106. The fraction of sp³-hybridized carbons (Fsp3) is 0.333. The van der Waals surface area contributed by atoms with E-state index in [1.807, 2.05) is 24.3 Å². The molecule has 1 aromatic carbocycles. The zero-order valence-corrected chi connectivity index (χ0v) is 10.2. The van der Waals surface area contributed by atoms with Gasteiger partial charge in [0.15, 0.2) is 6.29 Å². The Morgan fingerprint density at radius 3 is 2.38 bits per heavy atom. The summed E-state index contributed by atoms with van der Waals surface area (Å²) in [5.41, 5.74) is 0.982. The van der Waals surface area contributed by atoms with E-state index in [0.29, 0.717) is 23.3 Å². The maximum atomic E-state index is 5.89. The largest absolute Gasteiger partial charge is 0.350 e. The summed E-state index contributed by atoms with van der Waals surface area (Å²) in [6.07, 6.45) is 4.59. The quantitative estimate of drug-likeness (QED) is 0.822. The number of ether oxygens (including phenoxy) is 2. The molecule has 0 aromatic heterocycles.